The number of aryl methyl sites for hydroxylation is 1. The molecule has 0 saturated carbocycles. The predicted octanol–water partition coefficient (Wildman–Crippen LogP) is 0.947. The highest BCUT2D eigenvalue weighted by atomic mass is 32.2. The minimum absolute atomic E-state index is 0.429. The van der Waals surface area contributed by atoms with Crippen molar-refractivity contribution in [3.63, 3.8) is 0 Å². The molecule has 5 nitrogen and oxygen atoms in total. The second-order valence-electron chi connectivity index (χ2n) is 3.66. The Kier molecular flexibility index (Phi) is 5.79. The lowest BCUT2D eigenvalue weighted by atomic mass is 10.3. The summed E-state index contributed by atoms with van der Waals surface area (Å²) in [4.78, 5) is 14.6. The summed E-state index contributed by atoms with van der Waals surface area (Å²) in [6, 6.07) is 3.12. The van der Waals surface area contributed by atoms with Gasteiger partial charge in [0.2, 0.25) is 0 Å². The topological polar surface area (TPSA) is 88.2 Å². The van der Waals surface area contributed by atoms with Gasteiger partial charge in [0.15, 0.2) is 0 Å². The summed E-state index contributed by atoms with van der Waals surface area (Å²) in [6.07, 6.45) is 1.76. The van der Waals surface area contributed by atoms with Crippen molar-refractivity contribution in [1.82, 2.24) is 4.98 Å². The average Bonchev–Trinajstić information content (AvgIpc) is 2.28. The molecule has 1 unspecified atom stereocenters. The number of carboxylic acid groups (broad SMARTS) is 1. The summed E-state index contributed by atoms with van der Waals surface area (Å²) in [5.74, 6) is 1.12. The molecule has 0 bridgehead atoms. The Morgan fingerprint density at radius 1 is 1.71 bits per heavy atom. The van der Waals surface area contributed by atoms with E-state index in [0.717, 1.165) is 23.7 Å². The summed E-state index contributed by atoms with van der Waals surface area (Å²) in [6.45, 7) is 2.75. The number of nitrogens with two attached hydrogens (primary N) is 1. The highest BCUT2D eigenvalue weighted by Crippen LogP contribution is 2.06. The van der Waals surface area contributed by atoms with E-state index in [1.807, 2.05) is 19.1 Å². The fourth-order valence-corrected chi connectivity index (χ4v) is 1.98. The molecule has 0 saturated heterocycles. The number of hydrogen-bond acceptors (Lipinski definition) is 5. The molecule has 94 valence electrons. The first-order chi connectivity index (χ1) is 8.09. The number of anilines is 1. The number of nitrogens with one attached hydrogen (secondary N) is 1. The van der Waals surface area contributed by atoms with Crippen LogP contribution in [0.25, 0.3) is 0 Å². The average molecular weight is 255 g/mol. The van der Waals surface area contributed by atoms with Crippen molar-refractivity contribution in [2.45, 2.75) is 13.0 Å². The Morgan fingerprint density at radius 3 is 3.12 bits per heavy atom. The van der Waals surface area contributed by atoms with Gasteiger partial charge in [0.1, 0.15) is 11.9 Å². The van der Waals surface area contributed by atoms with Gasteiger partial charge in [0.05, 0.1) is 0 Å². The fraction of sp³-hybridized carbons (Fsp3) is 0.455. The molecular weight excluding hydrogens is 238 g/mol. The molecule has 0 amide bonds. The van der Waals surface area contributed by atoms with Crippen LogP contribution < -0.4 is 11.1 Å². The number of rotatable bonds is 7. The quantitative estimate of drug-likeness (QED) is 0.629. The molecule has 0 radical (unpaired) electrons. The summed E-state index contributed by atoms with van der Waals surface area (Å²) >= 11 is 1.52. The molecule has 0 spiro atoms. The van der Waals surface area contributed by atoms with E-state index in [0.29, 0.717) is 5.75 Å². The Labute approximate surface area is 105 Å². The Morgan fingerprint density at radius 2 is 2.47 bits per heavy atom. The zero-order valence-corrected chi connectivity index (χ0v) is 10.5. The number of aliphatic carboxylic acids is 1. The Hall–Kier alpha value is -1.27. The van der Waals surface area contributed by atoms with Gasteiger partial charge in [0, 0.05) is 24.2 Å². The Balaban J connectivity index is 2.14. The van der Waals surface area contributed by atoms with Gasteiger partial charge >= 0.3 is 5.97 Å². The van der Waals surface area contributed by atoms with E-state index < -0.39 is 12.0 Å². The van der Waals surface area contributed by atoms with E-state index in [1.165, 1.54) is 11.8 Å². The highest BCUT2D eigenvalue weighted by Gasteiger charge is 2.10. The van der Waals surface area contributed by atoms with Crippen LogP contribution in [0.1, 0.15) is 5.56 Å². The molecule has 1 atom stereocenters. The van der Waals surface area contributed by atoms with Gasteiger partial charge in [-0.1, -0.05) is 0 Å². The lowest BCUT2D eigenvalue weighted by Gasteiger charge is -2.07. The van der Waals surface area contributed by atoms with Crippen LogP contribution in [-0.4, -0.2) is 40.2 Å². The Bertz CT molecular complexity index is 373. The maximum Gasteiger partial charge on any atom is 0.321 e. The van der Waals surface area contributed by atoms with E-state index in [2.05, 4.69) is 10.3 Å². The van der Waals surface area contributed by atoms with Crippen molar-refractivity contribution in [3.05, 3.63) is 23.9 Å². The molecule has 1 aromatic rings. The van der Waals surface area contributed by atoms with Gasteiger partial charge in [-0.3, -0.25) is 4.79 Å². The molecule has 0 fully saturated rings. The summed E-state index contributed by atoms with van der Waals surface area (Å²) in [7, 11) is 0. The van der Waals surface area contributed by atoms with E-state index in [1.54, 1.807) is 6.20 Å². The van der Waals surface area contributed by atoms with Crippen molar-refractivity contribution in [3.8, 4) is 0 Å². The molecule has 0 aliphatic rings. The molecule has 17 heavy (non-hydrogen) atoms. The first-order valence-corrected chi connectivity index (χ1v) is 6.47. The number of pyridine rings is 1. The molecule has 4 N–H and O–H groups in total. The largest absolute Gasteiger partial charge is 0.480 e. The van der Waals surface area contributed by atoms with Gasteiger partial charge in [-0.05, 0) is 24.6 Å². The second-order valence-corrected chi connectivity index (χ2v) is 4.81. The van der Waals surface area contributed by atoms with Gasteiger partial charge in [0.25, 0.3) is 0 Å². The van der Waals surface area contributed by atoms with E-state index in [-0.39, 0.29) is 0 Å². The van der Waals surface area contributed by atoms with E-state index >= 15 is 0 Å². The van der Waals surface area contributed by atoms with E-state index in [9.17, 15) is 4.79 Å². The molecular formula is C11H17N3O2S. The number of carbonyl (C=O) groups is 1. The van der Waals surface area contributed by atoms with Crippen LogP contribution in [0.15, 0.2) is 18.3 Å². The first-order valence-electron chi connectivity index (χ1n) is 5.32. The van der Waals surface area contributed by atoms with Crippen LogP contribution >= 0.6 is 11.8 Å². The summed E-state index contributed by atoms with van der Waals surface area (Å²) in [5.41, 5.74) is 6.53. The van der Waals surface area contributed by atoms with Gasteiger partial charge in [-0.15, -0.1) is 0 Å². The van der Waals surface area contributed by atoms with Crippen LogP contribution in [0.4, 0.5) is 5.82 Å². The molecule has 0 aromatic carbocycles. The fourth-order valence-electron chi connectivity index (χ4n) is 1.17. The maximum atomic E-state index is 10.5. The standard InChI is InChI=1S/C11H17N3O2S/c1-8-2-3-13-10(6-8)14-4-5-17-7-9(12)11(15)16/h2-3,6,9H,4-5,7,12H2,1H3,(H,13,14)(H,15,16). The van der Waals surface area contributed by atoms with Gasteiger partial charge < -0.3 is 16.2 Å². The number of aromatic nitrogens is 1. The lowest BCUT2D eigenvalue weighted by molar-refractivity contribution is -0.137. The number of hydrogen-bond donors (Lipinski definition) is 3. The third kappa shape index (κ3) is 5.55. The second kappa shape index (κ2) is 7.13. The van der Waals surface area contributed by atoms with Crippen LogP contribution in [0.3, 0.4) is 0 Å². The van der Waals surface area contributed by atoms with Crippen molar-refractivity contribution in [2.24, 2.45) is 5.73 Å². The summed E-state index contributed by atoms with van der Waals surface area (Å²) < 4.78 is 0. The van der Waals surface area contributed by atoms with Crippen molar-refractivity contribution >= 4 is 23.5 Å². The van der Waals surface area contributed by atoms with Crippen molar-refractivity contribution in [1.29, 1.82) is 0 Å². The zero-order chi connectivity index (χ0) is 12.7. The molecule has 1 rings (SSSR count). The predicted molar refractivity (Wildman–Crippen MR) is 70.4 cm³/mol. The zero-order valence-electron chi connectivity index (χ0n) is 9.72. The van der Waals surface area contributed by atoms with Crippen molar-refractivity contribution in [2.75, 3.05) is 23.4 Å². The number of nitrogens with zero attached hydrogens (tertiary/aromatic N) is 1. The minimum atomic E-state index is -0.953. The van der Waals surface area contributed by atoms with Crippen molar-refractivity contribution < 1.29 is 9.90 Å². The molecule has 1 heterocycles. The number of carboxylic acids is 1. The lowest BCUT2D eigenvalue weighted by Crippen LogP contribution is -2.32. The first kappa shape index (κ1) is 13.8. The number of thioether (sulfide) groups is 1. The molecule has 0 aliphatic heterocycles. The smallest absolute Gasteiger partial charge is 0.321 e. The third-order valence-corrected chi connectivity index (χ3v) is 3.17. The molecule has 0 aliphatic carbocycles. The monoisotopic (exact) mass is 255 g/mol. The van der Waals surface area contributed by atoms with Crippen LogP contribution in [-0.2, 0) is 4.79 Å². The summed E-state index contributed by atoms with van der Waals surface area (Å²) in [5, 5.41) is 11.8. The van der Waals surface area contributed by atoms with Crippen LogP contribution in [0, 0.1) is 6.92 Å². The normalized spacial score (nSPS) is 12.1. The maximum absolute atomic E-state index is 10.5. The highest BCUT2D eigenvalue weighted by molar-refractivity contribution is 7.99. The molecule has 6 heteroatoms. The van der Waals surface area contributed by atoms with Crippen LogP contribution in [0.5, 0.6) is 0 Å². The van der Waals surface area contributed by atoms with Crippen LogP contribution in [0.2, 0.25) is 0 Å². The third-order valence-electron chi connectivity index (χ3n) is 2.08. The van der Waals surface area contributed by atoms with E-state index in [4.69, 9.17) is 10.8 Å². The molecule has 1 aromatic heterocycles. The SMILES string of the molecule is Cc1ccnc(NCCSCC(N)C(=O)O)c1. The van der Waals surface area contributed by atoms with Gasteiger partial charge in [-0.25, -0.2) is 4.98 Å². The van der Waals surface area contributed by atoms with Gasteiger partial charge in [-0.2, -0.15) is 11.8 Å². The minimum Gasteiger partial charge on any atom is -0.480 e.